The Morgan fingerprint density at radius 2 is 2.00 bits per heavy atom. The molecular formula is C13H17N3O2S2. The summed E-state index contributed by atoms with van der Waals surface area (Å²) >= 11 is 1.06. The molecule has 1 aromatic rings. The van der Waals surface area contributed by atoms with Crippen LogP contribution in [0.1, 0.15) is 24.1 Å². The maximum Gasteiger partial charge on any atom is 0.252 e. The predicted molar refractivity (Wildman–Crippen MR) is 77.0 cm³/mol. The van der Waals surface area contributed by atoms with Crippen molar-refractivity contribution in [1.82, 2.24) is 9.21 Å². The molecule has 0 bridgehead atoms. The Morgan fingerprint density at radius 1 is 1.25 bits per heavy atom. The summed E-state index contributed by atoms with van der Waals surface area (Å²) in [6.45, 7) is 3.36. The molecule has 0 saturated carbocycles. The number of nitriles is 1. The van der Waals surface area contributed by atoms with Crippen LogP contribution in [0.2, 0.25) is 0 Å². The van der Waals surface area contributed by atoms with E-state index in [1.807, 2.05) is 6.07 Å². The summed E-state index contributed by atoms with van der Waals surface area (Å²) in [5.74, 6) is 0. The van der Waals surface area contributed by atoms with Crippen LogP contribution in [-0.2, 0) is 10.0 Å². The first-order valence-electron chi connectivity index (χ1n) is 6.85. The van der Waals surface area contributed by atoms with Crippen LogP contribution in [0.4, 0.5) is 0 Å². The minimum atomic E-state index is -3.42. The molecule has 2 saturated heterocycles. The van der Waals surface area contributed by atoms with Gasteiger partial charge in [-0.1, -0.05) is 0 Å². The molecule has 1 unspecified atom stereocenters. The van der Waals surface area contributed by atoms with E-state index in [0.29, 0.717) is 24.0 Å². The molecule has 5 nitrogen and oxygen atoms in total. The minimum absolute atomic E-state index is 0.288. The van der Waals surface area contributed by atoms with E-state index in [0.717, 1.165) is 30.8 Å². The first-order valence-corrected chi connectivity index (χ1v) is 9.11. The van der Waals surface area contributed by atoms with Gasteiger partial charge in [-0.3, -0.25) is 4.90 Å². The first-order chi connectivity index (χ1) is 9.61. The fraction of sp³-hybridized carbons (Fsp3) is 0.615. The quantitative estimate of drug-likeness (QED) is 0.848. The second-order valence-electron chi connectivity index (χ2n) is 5.28. The van der Waals surface area contributed by atoms with Crippen molar-refractivity contribution >= 4 is 21.4 Å². The van der Waals surface area contributed by atoms with E-state index in [4.69, 9.17) is 5.26 Å². The summed E-state index contributed by atoms with van der Waals surface area (Å²) in [6, 6.07) is 5.47. The predicted octanol–water partition coefficient (Wildman–Crippen LogP) is 1.48. The van der Waals surface area contributed by atoms with Gasteiger partial charge in [-0.15, -0.1) is 11.3 Å². The normalized spacial score (nSPS) is 25.1. The number of hydrogen-bond acceptors (Lipinski definition) is 5. The zero-order chi connectivity index (χ0) is 14.2. The molecular weight excluding hydrogens is 294 g/mol. The standard InChI is InChI=1S/C13H17N3O2S2/c14-9-12-3-4-13(19-12)20(17,18)16-8-5-11(10-16)15-6-1-2-7-15/h3-4,11H,1-2,5-8,10H2. The van der Waals surface area contributed by atoms with Crippen molar-refractivity contribution in [3.63, 3.8) is 0 Å². The molecule has 2 fully saturated rings. The maximum absolute atomic E-state index is 12.5. The molecule has 1 atom stereocenters. The molecule has 0 spiro atoms. The molecule has 2 aliphatic heterocycles. The van der Waals surface area contributed by atoms with Gasteiger partial charge in [-0.05, 0) is 44.5 Å². The fourth-order valence-electron chi connectivity index (χ4n) is 2.98. The highest BCUT2D eigenvalue weighted by molar-refractivity contribution is 7.91. The van der Waals surface area contributed by atoms with Crippen molar-refractivity contribution in [3.8, 4) is 6.07 Å². The van der Waals surface area contributed by atoms with Crippen LogP contribution < -0.4 is 0 Å². The van der Waals surface area contributed by atoms with Crippen LogP contribution in [0.5, 0.6) is 0 Å². The lowest BCUT2D eigenvalue weighted by molar-refractivity contribution is 0.251. The third kappa shape index (κ3) is 2.49. The molecule has 0 radical (unpaired) electrons. The lowest BCUT2D eigenvalue weighted by atomic mass is 10.2. The Morgan fingerprint density at radius 3 is 2.65 bits per heavy atom. The topological polar surface area (TPSA) is 64.4 Å². The summed E-state index contributed by atoms with van der Waals surface area (Å²) in [5.41, 5.74) is 0. The average Bonchev–Trinajstić information content (AvgIpc) is 3.18. The molecule has 3 heterocycles. The van der Waals surface area contributed by atoms with E-state index < -0.39 is 10.0 Å². The van der Waals surface area contributed by atoms with Crippen LogP contribution in [-0.4, -0.2) is 49.8 Å². The van der Waals surface area contributed by atoms with E-state index in [9.17, 15) is 8.42 Å². The van der Waals surface area contributed by atoms with Crippen LogP contribution in [0.3, 0.4) is 0 Å². The molecule has 108 valence electrons. The number of nitrogens with zero attached hydrogens (tertiary/aromatic N) is 3. The lowest BCUT2D eigenvalue weighted by Crippen LogP contribution is -2.36. The first kappa shape index (κ1) is 14.0. The fourth-order valence-corrected chi connectivity index (χ4v) is 5.73. The molecule has 7 heteroatoms. The molecule has 2 aliphatic rings. The van der Waals surface area contributed by atoms with Gasteiger partial charge in [0.15, 0.2) is 0 Å². The van der Waals surface area contributed by atoms with Gasteiger partial charge in [0, 0.05) is 19.1 Å². The molecule has 0 N–H and O–H groups in total. The van der Waals surface area contributed by atoms with Crippen molar-refractivity contribution in [2.24, 2.45) is 0 Å². The summed E-state index contributed by atoms with van der Waals surface area (Å²) in [4.78, 5) is 2.85. The molecule has 20 heavy (non-hydrogen) atoms. The van der Waals surface area contributed by atoms with Crippen LogP contribution >= 0.6 is 11.3 Å². The molecule has 1 aromatic heterocycles. The van der Waals surface area contributed by atoms with Crippen molar-refractivity contribution in [3.05, 3.63) is 17.0 Å². The number of sulfonamides is 1. The second-order valence-corrected chi connectivity index (χ2v) is 8.53. The third-order valence-corrected chi connectivity index (χ3v) is 7.39. The van der Waals surface area contributed by atoms with E-state index >= 15 is 0 Å². The van der Waals surface area contributed by atoms with Gasteiger partial charge >= 0.3 is 0 Å². The van der Waals surface area contributed by atoms with Crippen LogP contribution in [0.25, 0.3) is 0 Å². The van der Waals surface area contributed by atoms with E-state index in [2.05, 4.69) is 4.90 Å². The monoisotopic (exact) mass is 311 g/mol. The SMILES string of the molecule is N#Cc1ccc(S(=O)(=O)N2CCC(N3CCCC3)C2)s1. The number of thiophene rings is 1. The molecule has 0 aromatic carbocycles. The van der Waals surface area contributed by atoms with Crippen molar-refractivity contribution < 1.29 is 8.42 Å². The number of rotatable bonds is 3. The van der Waals surface area contributed by atoms with E-state index in [1.165, 1.54) is 12.8 Å². The Bertz CT molecular complexity index is 626. The molecule has 0 amide bonds. The highest BCUT2D eigenvalue weighted by Gasteiger charge is 2.36. The number of likely N-dealkylation sites (tertiary alicyclic amines) is 1. The van der Waals surface area contributed by atoms with Gasteiger partial charge in [0.25, 0.3) is 10.0 Å². The second kappa shape index (κ2) is 5.45. The van der Waals surface area contributed by atoms with E-state index in [-0.39, 0.29) is 4.21 Å². The smallest absolute Gasteiger partial charge is 0.252 e. The highest BCUT2D eigenvalue weighted by Crippen LogP contribution is 2.29. The minimum Gasteiger partial charge on any atom is -0.299 e. The summed E-state index contributed by atoms with van der Waals surface area (Å²) < 4.78 is 26.9. The van der Waals surface area contributed by atoms with Crippen molar-refractivity contribution in [2.45, 2.75) is 29.5 Å². The van der Waals surface area contributed by atoms with Crippen molar-refractivity contribution in [1.29, 1.82) is 5.26 Å². The van der Waals surface area contributed by atoms with Gasteiger partial charge in [0.2, 0.25) is 0 Å². The van der Waals surface area contributed by atoms with Gasteiger partial charge in [0.1, 0.15) is 15.2 Å². The summed E-state index contributed by atoms with van der Waals surface area (Å²) in [7, 11) is -3.42. The zero-order valence-corrected chi connectivity index (χ0v) is 12.8. The Hall–Kier alpha value is -0.940. The van der Waals surface area contributed by atoms with Crippen LogP contribution in [0, 0.1) is 11.3 Å². The lowest BCUT2D eigenvalue weighted by Gasteiger charge is -2.23. The van der Waals surface area contributed by atoms with Gasteiger partial charge < -0.3 is 0 Å². The Labute approximate surface area is 123 Å². The maximum atomic E-state index is 12.5. The van der Waals surface area contributed by atoms with Crippen molar-refractivity contribution in [2.75, 3.05) is 26.2 Å². The Kier molecular flexibility index (Phi) is 3.82. The van der Waals surface area contributed by atoms with Crippen LogP contribution in [0.15, 0.2) is 16.3 Å². The van der Waals surface area contributed by atoms with Gasteiger partial charge in [-0.2, -0.15) is 9.57 Å². The zero-order valence-electron chi connectivity index (χ0n) is 11.2. The van der Waals surface area contributed by atoms with Gasteiger partial charge in [0.05, 0.1) is 0 Å². The molecule has 0 aliphatic carbocycles. The van der Waals surface area contributed by atoms with Gasteiger partial charge in [-0.25, -0.2) is 8.42 Å². The third-order valence-electron chi connectivity index (χ3n) is 4.07. The highest BCUT2D eigenvalue weighted by atomic mass is 32.2. The molecule has 3 rings (SSSR count). The van der Waals surface area contributed by atoms with E-state index in [1.54, 1.807) is 16.4 Å². The average molecular weight is 311 g/mol. The Balaban J connectivity index is 1.74. The number of hydrogen-bond donors (Lipinski definition) is 0. The largest absolute Gasteiger partial charge is 0.299 e. The summed E-state index contributed by atoms with van der Waals surface area (Å²) in [6.07, 6.45) is 3.36. The summed E-state index contributed by atoms with van der Waals surface area (Å²) in [5, 5.41) is 8.81.